The summed E-state index contributed by atoms with van der Waals surface area (Å²) in [4.78, 5) is 24.8. The molecule has 1 saturated heterocycles. The minimum Gasteiger partial charge on any atom is -0.481 e. The molecule has 120 valence electrons. The van der Waals surface area contributed by atoms with E-state index in [-0.39, 0.29) is 11.9 Å². The number of rotatable bonds is 5. The Hall–Kier alpha value is -1.69. The van der Waals surface area contributed by atoms with E-state index < -0.39 is 5.97 Å². The van der Waals surface area contributed by atoms with Crippen LogP contribution in [0.2, 0.25) is 0 Å². The van der Waals surface area contributed by atoms with E-state index in [9.17, 15) is 9.59 Å². The number of aliphatic carboxylic acids is 1. The molecule has 1 aliphatic rings. The molecular formula is C16H22N2O3S. The van der Waals surface area contributed by atoms with E-state index >= 15 is 0 Å². The molecule has 1 aliphatic heterocycles. The number of anilines is 1. The largest absolute Gasteiger partial charge is 0.481 e. The van der Waals surface area contributed by atoms with Crippen molar-refractivity contribution in [1.29, 1.82) is 0 Å². The van der Waals surface area contributed by atoms with Gasteiger partial charge in [0.1, 0.15) is 0 Å². The number of aryl methyl sites for hydroxylation is 1. The summed E-state index contributed by atoms with van der Waals surface area (Å²) in [6.07, 6.45) is 4.16. The second-order valence-electron chi connectivity index (χ2n) is 5.47. The molecule has 0 spiro atoms. The third-order valence-electron chi connectivity index (χ3n) is 3.93. The van der Waals surface area contributed by atoms with Crippen LogP contribution in [0.3, 0.4) is 0 Å². The first-order chi connectivity index (χ1) is 10.6. The zero-order chi connectivity index (χ0) is 15.9. The van der Waals surface area contributed by atoms with E-state index in [2.05, 4.69) is 11.6 Å². The highest BCUT2D eigenvalue weighted by Crippen LogP contribution is 2.19. The van der Waals surface area contributed by atoms with Gasteiger partial charge in [0.05, 0.1) is 5.92 Å². The maximum atomic E-state index is 12.2. The van der Waals surface area contributed by atoms with Crippen LogP contribution in [0.1, 0.15) is 18.4 Å². The molecule has 6 heteroatoms. The number of hydrogen-bond donors (Lipinski definition) is 2. The molecule has 0 radical (unpaired) electrons. The Balaban J connectivity index is 1.83. The van der Waals surface area contributed by atoms with Crippen LogP contribution in [0, 0.1) is 5.92 Å². The van der Waals surface area contributed by atoms with Gasteiger partial charge in [-0.2, -0.15) is 11.8 Å². The summed E-state index contributed by atoms with van der Waals surface area (Å²) in [5.74, 6) is 0.00480. The third kappa shape index (κ3) is 4.66. The van der Waals surface area contributed by atoms with Crippen LogP contribution in [0.15, 0.2) is 24.3 Å². The number of carbonyl (C=O) groups excluding carboxylic acids is 1. The number of benzene rings is 1. The summed E-state index contributed by atoms with van der Waals surface area (Å²) >= 11 is 1.81. The highest BCUT2D eigenvalue weighted by Gasteiger charge is 2.26. The molecule has 22 heavy (non-hydrogen) atoms. The van der Waals surface area contributed by atoms with Gasteiger partial charge in [-0.05, 0) is 49.0 Å². The fraction of sp³-hybridized carbons (Fsp3) is 0.500. The van der Waals surface area contributed by atoms with Crippen molar-refractivity contribution in [2.45, 2.75) is 19.3 Å². The second kappa shape index (κ2) is 8.08. The minimum absolute atomic E-state index is 0.152. The SMILES string of the molecule is CSCCc1ccc(NC(=O)N2CCC(C(=O)O)CC2)cc1. The highest BCUT2D eigenvalue weighted by molar-refractivity contribution is 7.98. The van der Waals surface area contributed by atoms with Gasteiger partial charge in [0.15, 0.2) is 0 Å². The van der Waals surface area contributed by atoms with E-state index in [0.717, 1.165) is 17.9 Å². The number of nitrogens with zero attached hydrogens (tertiary/aromatic N) is 1. The molecule has 0 unspecified atom stereocenters. The van der Waals surface area contributed by atoms with Crippen molar-refractivity contribution in [1.82, 2.24) is 4.90 Å². The van der Waals surface area contributed by atoms with E-state index in [4.69, 9.17) is 5.11 Å². The molecule has 0 aliphatic carbocycles. The first kappa shape index (κ1) is 16.7. The molecule has 1 aromatic rings. The minimum atomic E-state index is -0.763. The molecule has 2 N–H and O–H groups in total. The van der Waals surface area contributed by atoms with Crippen molar-refractivity contribution in [3.8, 4) is 0 Å². The number of likely N-dealkylation sites (tertiary alicyclic amines) is 1. The predicted molar refractivity (Wildman–Crippen MR) is 89.5 cm³/mol. The van der Waals surface area contributed by atoms with E-state index in [1.807, 2.05) is 36.0 Å². The Kier molecular flexibility index (Phi) is 6.12. The average molecular weight is 322 g/mol. The Bertz CT molecular complexity index is 511. The lowest BCUT2D eigenvalue weighted by Crippen LogP contribution is -2.42. The number of carboxylic acid groups (broad SMARTS) is 1. The maximum absolute atomic E-state index is 12.2. The van der Waals surface area contributed by atoms with Crippen LogP contribution in [0.25, 0.3) is 0 Å². The van der Waals surface area contributed by atoms with Crippen molar-refractivity contribution in [2.75, 3.05) is 30.4 Å². The molecule has 5 nitrogen and oxygen atoms in total. The van der Waals surface area contributed by atoms with Gasteiger partial charge in [0.25, 0.3) is 0 Å². The van der Waals surface area contributed by atoms with Crippen LogP contribution in [-0.2, 0) is 11.2 Å². The van der Waals surface area contributed by atoms with Crippen molar-refractivity contribution in [2.24, 2.45) is 5.92 Å². The number of nitrogens with one attached hydrogen (secondary N) is 1. The molecule has 2 amide bonds. The van der Waals surface area contributed by atoms with Crippen LogP contribution in [0.5, 0.6) is 0 Å². The molecule has 0 saturated carbocycles. The smallest absolute Gasteiger partial charge is 0.321 e. The van der Waals surface area contributed by atoms with Crippen LogP contribution >= 0.6 is 11.8 Å². The van der Waals surface area contributed by atoms with Gasteiger partial charge >= 0.3 is 12.0 Å². The third-order valence-corrected chi connectivity index (χ3v) is 4.54. The van der Waals surface area contributed by atoms with Crippen molar-refractivity contribution in [3.05, 3.63) is 29.8 Å². The fourth-order valence-corrected chi connectivity index (χ4v) is 2.95. The molecular weight excluding hydrogens is 300 g/mol. The van der Waals surface area contributed by atoms with Gasteiger partial charge < -0.3 is 15.3 Å². The number of urea groups is 1. The van der Waals surface area contributed by atoms with Crippen LogP contribution < -0.4 is 5.32 Å². The lowest BCUT2D eigenvalue weighted by atomic mass is 9.97. The number of carbonyl (C=O) groups is 2. The van der Waals surface area contributed by atoms with Crippen molar-refractivity contribution in [3.63, 3.8) is 0 Å². The summed E-state index contributed by atoms with van der Waals surface area (Å²) < 4.78 is 0. The van der Waals surface area contributed by atoms with Gasteiger partial charge in [-0.25, -0.2) is 4.79 Å². The summed E-state index contributed by atoms with van der Waals surface area (Å²) in [6.45, 7) is 0.989. The summed E-state index contributed by atoms with van der Waals surface area (Å²) in [6, 6.07) is 7.74. The number of amides is 2. The molecule has 0 aromatic heterocycles. The van der Waals surface area contributed by atoms with Crippen LogP contribution in [-0.4, -0.2) is 47.1 Å². The molecule has 1 fully saturated rings. The quantitative estimate of drug-likeness (QED) is 0.874. The molecule has 2 rings (SSSR count). The lowest BCUT2D eigenvalue weighted by Gasteiger charge is -2.30. The van der Waals surface area contributed by atoms with Crippen LogP contribution in [0.4, 0.5) is 10.5 Å². The first-order valence-corrected chi connectivity index (χ1v) is 8.86. The summed E-state index contributed by atoms with van der Waals surface area (Å²) in [5, 5.41) is 11.8. The van der Waals surface area contributed by atoms with E-state index in [1.54, 1.807) is 4.90 Å². The number of hydrogen-bond acceptors (Lipinski definition) is 3. The molecule has 0 bridgehead atoms. The van der Waals surface area contributed by atoms with Gasteiger partial charge in [-0.1, -0.05) is 12.1 Å². The molecule has 0 atom stereocenters. The average Bonchev–Trinajstić information content (AvgIpc) is 2.54. The summed E-state index contributed by atoms with van der Waals surface area (Å²) in [5.41, 5.74) is 2.04. The normalized spacial score (nSPS) is 15.6. The molecule has 1 aromatic carbocycles. The number of thioether (sulfide) groups is 1. The lowest BCUT2D eigenvalue weighted by molar-refractivity contribution is -0.143. The highest BCUT2D eigenvalue weighted by atomic mass is 32.2. The number of piperidine rings is 1. The van der Waals surface area contributed by atoms with Crippen molar-refractivity contribution < 1.29 is 14.7 Å². The molecule has 1 heterocycles. The monoisotopic (exact) mass is 322 g/mol. The predicted octanol–water partition coefficient (Wildman–Crippen LogP) is 2.92. The zero-order valence-electron chi connectivity index (χ0n) is 12.7. The topological polar surface area (TPSA) is 69.6 Å². The number of carboxylic acids is 1. The van der Waals surface area contributed by atoms with Crippen molar-refractivity contribution >= 4 is 29.4 Å². The van der Waals surface area contributed by atoms with E-state index in [1.165, 1.54) is 5.56 Å². The van der Waals surface area contributed by atoms with E-state index in [0.29, 0.717) is 25.9 Å². The van der Waals surface area contributed by atoms with Gasteiger partial charge in [0, 0.05) is 18.8 Å². The summed E-state index contributed by atoms with van der Waals surface area (Å²) in [7, 11) is 0. The Morgan fingerprint density at radius 3 is 2.45 bits per heavy atom. The Morgan fingerprint density at radius 1 is 1.27 bits per heavy atom. The van der Waals surface area contributed by atoms with Gasteiger partial charge in [0.2, 0.25) is 0 Å². The second-order valence-corrected chi connectivity index (χ2v) is 6.46. The Labute approximate surface area is 135 Å². The fourth-order valence-electron chi connectivity index (χ4n) is 2.51. The first-order valence-electron chi connectivity index (χ1n) is 7.46. The standard InChI is InChI=1S/C16H22N2O3S/c1-22-11-8-12-2-4-14(5-3-12)17-16(21)18-9-6-13(7-10-18)15(19)20/h2-5,13H,6-11H2,1H3,(H,17,21)(H,19,20). The van der Waals surface area contributed by atoms with Gasteiger partial charge in [-0.15, -0.1) is 0 Å². The Morgan fingerprint density at radius 2 is 1.91 bits per heavy atom. The van der Waals surface area contributed by atoms with Gasteiger partial charge in [-0.3, -0.25) is 4.79 Å². The zero-order valence-corrected chi connectivity index (χ0v) is 13.6. The maximum Gasteiger partial charge on any atom is 0.321 e.